The largest absolute Gasteiger partial charge is 0.389 e. The van der Waals surface area contributed by atoms with Crippen LogP contribution < -0.4 is 4.72 Å². The Bertz CT molecular complexity index is 522. The van der Waals surface area contributed by atoms with E-state index in [9.17, 15) is 23.4 Å². The molecule has 0 saturated carbocycles. The summed E-state index contributed by atoms with van der Waals surface area (Å²) in [5.74, 6) is -0.0276. The molecule has 0 radical (unpaired) electrons. The third-order valence-electron chi connectivity index (χ3n) is 4.28. The van der Waals surface area contributed by atoms with Gasteiger partial charge in [-0.05, 0) is 6.42 Å². The minimum Gasteiger partial charge on any atom is -0.389 e. The smallest absolute Gasteiger partial charge is 0.236 e. The minimum absolute atomic E-state index is 0.0276. The maximum absolute atomic E-state index is 12.2. The zero-order valence-corrected chi connectivity index (χ0v) is 14.1. The van der Waals surface area contributed by atoms with Gasteiger partial charge in [-0.3, -0.25) is 9.69 Å². The van der Waals surface area contributed by atoms with Gasteiger partial charge in [-0.1, -0.05) is 0 Å². The van der Waals surface area contributed by atoms with Gasteiger partial charge >= 0.3 is 0 Å². The van der Waals surface area contributed by atoms with Crippen LogP contribution >= 0.6 is 0 Å². The van der Waals surface area contributed by atoms with E-state index < -0.39 is 21.7 Å². The molecule has 9 nitrogen and oxygen atoms in total. The van der Waals surface area contributed by atoms with Gasteiger partial charge in [0.25, 0.3) is 0 Å². The Morgan fingerprint density at radius 2 is 2.00 bits per heavy atom. The number of morpholine rings is 1. The van der Waals surface area contributed by atoms with Gasteiger partial charge in [-0.25, -0.2) is 13.1 Å². The van der Waals surface area contributed by atoms with Gasteiger partial charge in [0.2, 0.25) is 15.9 Å². The Labute approximate surface area is 136 Å². The first-order valence-corrected chi connectivity index (χ1v) is 9.52. The van der Waals surface area contributed by atoms with Crippen LogP contribution in [0.4, 0.5) is 0 Å². The van der Waals surface area contributed by atoms with Gasteiger partial charge in [0.15, 0.2) is 0 Å². The van der Waals surface area contributed by atoms with Crippen LogP contribution in [0.25, 0.3) is 0 Å². The Kier molecular flexibility index (Phi) is 5.98. The van der Waals surface area contributed by atoms with Crippen molar-refractivity contribution >= 4 is 15.9 Å². The molecule has 0 spiro atoms. The molecule has 3 N–H and O–H groups in total. The summed E-state index contributed by atoms with van der Waals surface area (Å²) >= 11 is 0. The van der Waals surface area contributed by atoms with Gasteiger partial charge in [0.05, 0.1) is 32.1 Å². The zero-order chi connectivity index (χ0) is 17.1. The molecule has 0 aromatic rings. The number of nitrogens with one attached hydrogen (secondary N) is 1. The molecule has 23 heavy (non-hydrogen) atoms. The standard InChI is InChI=1S/C13H25N3O6S/c1-23(20,21)14-10-13(19)2-3-15(8-11(13)17)9-12(18)16-4-6-22-7-5-16/h11,14,17,19H,2-10H2,1H3/t11-,13-/m1/s1. The predicted octanol–water partition coefficient (Wildman–Crippen LogP) is -2.81. The molecule has 0 unspecified atom stereocenters. The van der Waals surface area contributed by atoms with E-state index in [1.807, 2.05) is 0 Å². The fraction of sp³-hybridized carbons (Fsp3) is 0.923. The number of amides is 1. The lowest BCUT2D eigenvalue weighted by molar-refractivity contribution is -0.142. The number of aliphatic hydroxyl groups is 2. The number of nitrogens with zero attached hydrogens (tertiary/aromatic N) is 2. The fourth-order valence-corrected chi connectivity index (χ4v) is 3.25. The van der Waals surface area contributed by atoms with Crippen molar-refractivity contribution in [1.29, 1.82) is 0 Å². The summed E-state index contributed by atoms with van der Waals surface area (Å²) in [5.41, 5.74) is -1.51. The monoisotopic (exact) mass is 351 g/mol. The van der Waals surface area contributed by atoms with Crippen molar-refractivity contribution in [3.8, 4) is 0 Å². The fourth-order valence-electron chi connectivity index (χ4n) is 2.73. The predicted molar refractivity (Wildman–Crippen MR) is 82.3 cm³/mol. The molecule has 0 aromatic heterocycles. The average molecular weight is 351 g/mol. The number of carbonyl (C=O) groups is 1. The van der Waals surface area contributed by atoms with Gasteiger partial charge in [-0.15, -0.1) is 0 Å². The van der Waals surface area contributed by atoms with E-state index >= 15 is 0 Å². The van der Waals surface area contributed by atoms with Crippen molar-refractivity contribution in [2.24, 2.45) is 0 Å². The van der Waals surface area contributed by atoms with Gasteiger partial charge in [-0.2, -0.15) is 0 Å². The topological polar surface area (TPSA) is 119 Å². The van der Waals surface area contributed by atoms with E-state index in [-0.39, 0.29) is 32.0 Å². The number of ether oxygens (including phenoxy) is 1. The van der Waals surface area contributed by atoms with Crippen LogP contribution in [0.3, 0.4) is 0 Å². The van der Waals surface area contributed by atoms with Crippen molar-refractivity contribution in [2.45, 2.75) is 18.1 Å². The highest BCUT2D eigenvalue weighted by Crippen LogP contribution is 2.22. The number of rotatable bonds is 5. The third-order valence-corrected chi connectivity index (χ3v) is 4.94. The van der Waals surface area contributed by atoms with E-state index in [4.69, 9.17) is 4.74 Å². The second kappa shape index (κ2) is 7.41. The Balaban J connectivity index is 1.84. The summed E-state index contributed by atoms with van der Waals surface area (Å²) in [6.07, 6.45) is 0.0642. The number of sulfonamides is 1. The van der Waals surface area contributed by atoms with Crippen LogP contribution in [0.5, 0.6) is 0 Å². The molecule has 2 aliphatic rings. The van der Waals surface area contributed by atoms with Crippen LogP contribution in [0.2, 0.25) is 0 Å². The number of carbonyl (C=O) groups excluding carboxylic acids is 1. The van der Waals surface area contributed by atoms with E-state index in [2.05, 4.69) is 4.72 Å². The highest BCUT2D eigenvalue weighted by molar-refractivity contribution is 7.88. The molecule has 2 rings (SSSR count). The van der Waals surface area contributed by atoms with Crippen LogP contribution in [-0.4, -0.2) is 105 Å². The highest BCUT2D eigenvalue weighted by Gasteiger charge is 2.41. The van der Waals surface area contributed by atoms with E-state index in [0.717, 1.165) is 6.26 Å². The third kappa shape index (κ3) is 5.37. The molecule has 2 fully saturated rings. The Hall–Kier alpha value is -0.780. The zero-order valence-electron chi connectivity index (χ0n) is 13.3. The maximum atomic E-state index is 12.2. The molecule has 2 saturated heterocycles. The van der Waals surface area contributed by atoms with Crippen LogP contribution in [0, 0.1) is 0 Å². The van der Waals surface area contributed by atoms with Gasteiger partial charge in [0.1, 0.15) is 5.60 Å². The summed E-state index contributed by atoms with van der Waals surface area (Å²) in [4.78, 5) is 15.7. The molecule has 0 bridgehead atoms. The van der Waals surface area contributed by atoms with Crippen molar-refractivity contribution in [1.82, 2.24) is 14.5 Å². The minimum atomic E-state index is -3.44. The lowest BCUT2D eigenvalue weighted by atomic mass is 9.89. The summed E-state index contributed by atoms with van der Waals surface area (Å²) in [7, 11) is -3.44. The van der Waals surface area contributed by atoms with Crippen molar-refractivity contribution in [3.05, 3.63) is 0 Å². The first-order chi connectivity index (χ1) is 10.7. The summed E-state index contributed by atoms with van der Waals surface area (Å²) in [6, 6.07) is 0. The van der Waals surface area contributed by atoms with Crippen molar-refractivity contribution in [2.75, 3.05) is 58.7 Å². The van der Waals surface area contributed by atoms with Crippen molar-refractivity contribution in [3.63, 3.8) is 0 Å². The molecule has 10 heteroatoms. The molecule has 0 aromatic carbocycles. The van der Waals surface area contributed by atoms with Crippen LogP contribution in [-0.2, 0) is 19.6 Å². The molecular weight excluding hydrogens is 326 g/mol. The number of piperidine rings is 1. The highest BCUT2D eigenvalue weighted by atomic mass is 32.2. The van der Waals surface area contributed by atoms with E-state index in [1.54, 1.807) is 9.80 Å². The second-order valence-corrected chi connectivity index (χ2v) is 8.02. The first kappa shape index (κ1) is 18.6. The summed E-state index contributed by atoms with van der Waals surface area (Å²) in [6.45, 7) is 2.67. The first-order valence-electron chi connectivity index (χ1n) is 7.62. The molecule has 134 valence electrons. The Morgan fingerprint density at radius 1 is 1.35 bits per heavy atom. The molecule has 1 amide bonds. The quantitative estimate of drug-likeness (QED) is 0.489. The summed E-state index contributed by atoms with van der Waals surface area (Å²) in [5, 5.41) is 20.5. The van der Waals surface area contributed by atoms with Crippen LogP contribution in [0.1, 0.15) is 6.42 Å². The average Bonchev–Trinajstić information content (AvgIpc) is 2.50. The Morgan fingerprint density at radius 3 is 2.57 bits per heavy atom. The van der Waals surface area contributed by atoms with E-state index in [0.29, 0.717) is 32.8 Å². The number of likely N-dealkylation sites (tertiary alicyclic amines) is 1. The van der Waals surface area contributed by atoms with Crippen molar-refractivity contribution < 1.29 is 28.2 Å². The second-order valence-electron chi connectivity index (χ2n) is 6.19. The molecular formula is C13H25N3O6S. The number of β-amino-alcohol motifs (C(OH)–C–C–N with tert-alkyl or cyclic N) is 1. The lowest BCUT2D eigenvalue weighted by Crippen LogP contribution is -2.61. The lowest BCUT2D eigenvalue weighted by Gasteiger charge is -2.42. The molecule has 0 aliphatic carbocycles. The van der Waals surface area contributed by atoms with Crippen LogP contribution in [0.15, 0.2) is 0 Å². The number of hydrogen-bond acceptors (Lipinski definition) is 7. The molecule has 2 heterocycles. The maximum Gasteiger partial charge on any atom is 0.236 e. The molecule has 2 aliphatic heterocycles. The molecule has 2 atom stereocenters. The number of hydrogen-bond donors (Lipinski definition) is 3. The normalized spacial score (nSPS) is 30.4. The SMILES string of the molecule is CS(=O)(=O)NC[C@]1(O)CCN(CC(=O)N2CCOCC2)C[C@H]1O. The van der Waals surface area contributed by atoms with E-state index in [1.165, 1.54) is 0 Å². The van der Waals surface area contributed by atoms with Gasteiger partial charge in [0, 0.05) is 32.7 Å². The number of aliphatic hydroxyl groups excluding tert-OH is 1. The van der Waals surface area contributed by atoms with Gasteiger partial charge < -0.3 is 19.8 Å². The summed E-state index contributed by atoms with van der Waals surface area (Å²) < 4.78 is 29.7.